The summed E-state index contributed by atoms with van der Waals surface area (Å²) in [7, 11) is 1.89. The van der Waals surface area contributed by atoms with Gasteiger partial charge in [-0.15, -0.1) is 0 Å². The van der Waals surface area contributed by atoms with Crippen LogP contribution in [0.5, 0.6) is 0 Å². The minimum atomic E-state index is 0.529. The van der Waals surface area contributed by atoms with Gasteiger partial charge in [0, 0.05) is 36.5 Å². The van der Waals surface area contributed by atoms with Gasteiger partial charge in [-0.3, -0.25) is 0 Å². The molecule has 1 saturated carbocycles. The molecule has 18 heavy (non-hydrogen) atoms. The number of nitrogens with zero attached hydrogens (tertiary/aromatic N) is 4. The van der Waals surface area contributed by atoms with Crippen molar-refractivity contribution in [2.45, 2.75) is 25.7 Å². The molecule has 1 aliphatic carbocycles. The highest BCUT2D eigenvalue weighted by molar-refractivity contribution is 5.66. The molecule has 0 saturated heterocycles. The Balaban J connectivity index is 2.15. The van der Waals surface area contributed by atoms with E-state index in [2.05, 4.69) is 25.3 Å². The van der Waals surface area contributed by atoms with Gasteiger partial charge in [-0.1, -0.05) is 0 Å². The van der Waals surface area contributed by atoms with E-state index in [1.165, 1.54) is 19.2 Å². The maximum Gasteiger partial charge on any atom is 0.134 e. The first kappa shape index (κ1) is 11.1. The molecule has 0 aromatic carbocycles. The second-order valence-electron chi connectivity index (χ2n) is 4.56. The molecule has 5 heteroatoms. The summed E-state index contributed by atoms with van der Waals surface area (Å²) in [6.07, 6.45) is 7.49. The molecule has 2 aromatic heterocycles. The zero-order valence-corrected chi connectivity index (χ0v) is 10.5. The van der Waals surface area contributed by atoms with Crippen LogP contribution in [0.15, 0.2) is 18.7 Å². The highest BCUT2D eigenvalue weighted by atomic mass is 15.0. The third kappa shape index (κ3) is 1.92. The van der Waals surface area contributed by atoms with Crippen molar-refractivity contribution in [3.63, 3.8) is 0 Å². The fourth-order valence-corrected chi connectivity index (χ4v) is 2.00. The lowest BCUT2D eigenvalue weighted by molar-refractivity contribution is 0.922. The number of rotatable bonds is 3. The van der Waals surface area contributed by atoms with Crippen molar-refractivity contribution in [3.8, 4) is 11.3 Å². The van der Waals surface area contributed by atoms with Crippen LogP contribution in [0.1, 0.15) is 30.1 Å². The van der Waals surface area contributed by atoms with Gasteiger partial charge in [-0.2, -0.15) is 0 Å². The van der Waals surface area contributed by atoms with Crippen LogP contribution in [0.2, 0.25) is 0 Å². The van der Waals surface area contributed by atoms with E-state index in [-0.39, 0.29) is 0 Å². The second kappa shape index (κ2) is 4.33. The predicted molar refractivity (Wildman–Crippen MR) is 69.3 cm³/mol. The molecule has 0 aliphatic heterocycles. The smallest absolute Gasteiger partial charge is 0.134 e. The van der Waals surface area contributed by atoms with Gasteiger partial charge in [0.05, 0.1) is 5.69 Å². The second-order valence-corrected chi connectivity index (χ2v) is 4.56. The number of hydrogen-bond donors (Lipinski definition) is 1. The van der Waals surface area contributed by atoms with Crippen LogP contribution >= 0.6 is 0 Å². The Morgan fingerprint density at radius 1 is 1.17 bits per heavy atom. The quantitative estimate of drug-likeness (QED) is 0.892. The highest BCUT2D eigenvalue weighted by Crippen LogP contribution is 2.39. The lowest BCUT2D eigenvalue weighted by Gasteiger charge is -2.11. The summed E-state index contributed by atoms with van der Waals surface area (Å²) in [6.45, 7) is 2.02. The summed E-state index contributed by atoms with van der Waals surface area (Å²) < 4.78 is 0. The summed E-state index contributed by atoms with van der Waals surface area (Å²) in [5, 5.41) is 3.14. The van der Waals surface area contributed by atoms with Crippen LogP contribution < -0.4 is 5.32 Å². The molecule has 1 N–H and O–H groups in total. The van der Waals surface area contributed by atoms with E-state index >= 15 is 0 Å². The molecule has 0 spiro atoms. The van der Waals surface area contributed by atoms with E-state index in [1.54, 1.807) is 12.4 Å². The topological polar surface area (TPSA) is 63.6 Å². The van der Waals surface area contributed by atoms with E-state index in [0.717, 1.165) is 28.5 Å². The molecule has 0 bridgehead atoms. The minimum absolute atomic E-state index is 0.529. The van der Waals surface area contributed by atoms with Crippen molar-refractivity contribution < 1.29 is 0 Å². The summed E-state index contributed by atoms with van der Waals surface area (Å²) in [6, 6.07) is 0. The van der Waals surface area contributed by atoms with Crippen LogP contribution in [0.4, 0.5) is 5.82 Å². The van der Waals surface area contributed by atoms with Crippen molar-refractivity contribution >= 4 is 5.82 Å². The van der Waals surface area contributed by atoms with Crippen LogP contribution in [-0.2, 0) is 0 Å². The summed E-state index contributed by atoms with van der Waals surface area (Å²) in [5.74, 6) is 2.36. The fraction of sp³-hybridized carbons (Fsp3) is 0.385. The van der Waals surface area contributed by atoms with E-state index < -0.39 is 0 Å². The first-order valence-electron chi connectivity index (χ1n) is 6.11. The van der Waals surface area contributed by atoms with Crippen molar-refractivity contribution in [1.29, 1.82) is 0 Å². The van der Waals surface area contributed by atoms with Gasteiger partial charge in [-0.25, -0.2) is 19.9 Å². The molecule has 92 valence electrons. The lowest BCUT2D eigenvalue weighted by Crippen LogP contribution is -2.04. The Morgan fingerprint density at radius 2 is 1.89 bits per heavy atom. The maximum absolute atomic E-state index is 4.68. The zero-order valence-electron chi connectivity index (χ0n) is 10.5. The van der Waals surface area contributed by atoms with Crippen molar-refractivity contribution in [1.82, 2.24) is 19.9 Å². The Morgan fingerprint density at radius 3 is 2.50 bits per heavy atom. The van der Waals surface area contributed by atoms with E-state index in [0.29, 0.717) is 5.92 Å². The van der Waals surface area contributed by atoms with Crippen LogP contribution in [0.25, 0.3) is 11.3 Å². The molecule has 0 unspecified atom stereocenters. The Hall–Kier alpha value is -2.04. The van der Waals surface area contributed by atoms with Crippen molar-refractivity contribution in [3.05, 3.63) is 30.1 Å². The molecule has 1 fully saturated rings. The summed E-state index contributed by atoms with van der Waals surface area (Å²) in [4.78, 5) is 17.4. The normalized spacial score (nSPS) is 14.6. The van der Waals surface area contributed by atoms with Crippen LogP contribution in [0, 0.1) is 6.92 Å². The summed E-state index contributed by atoms with van der Waals surface area (Å²) in [5.41, 5.74) is 2.91. The first-order chi connectivity index (χ1) is 8.79. The number of anilines is 1. The molecule has 0 atom stereocenters. The monoisotopic (exact) mass is 241 g/mol. The largest absolute Gasteiger partial charge is 0.373 e. The third-order valence-electron chi connectivity index (χ3n) is 3.18. The summed E-state index contributed by atoms with van der Waals surface area (Å²) >= 11 is 0. The Kier molecular flexibility index (Phi) is 2.66. The Bertz CT molecular complexity index is 563. The molecular formula is C13H15N5. The molecule has 0 radical (unpaired) electrons. The number of nitrogens with one attached hydrogen (secondary N) is 1. The molecule has 0 amide bonds. The maximum atomic E-state index is 4.68. The van der Waals surface area contributed by atoms with Crippen molar-refractivity contribution in [2.75, 3.05) is 12.4 Å². The molecular weight excluding hydrogens is 226 g/mol. The van der Waals surface area contributed by atoms with Gasteiger partial charge in [0.25, 0.3) is 0 Å². The fourth-order valence-electron chi connectivity index (χ4n) is 2.00. The average molecular weight is 241 g/mol. The van der Waals surface area contributed by atoms with Crippen LogP contribution in [-0.4, -0.2) is 27.0 Å². The van der Waals surface area contributed by atoms with Crippen molar-refractivity contribution in [2.24, 2.45) is 0 Å². The predicted octanol–water partition coefficient (Wildman–Crippen LogP) is 2.16. The number of aromatic nitrogens is 4. The van der Waals surface area contributed by atoms with E-state index in [1.807, 2.05) is 14.0 Å². The van der Waals surface area contributed by atoms with Gasteiger partial charge >= 0.3 is 0 Å². The van der Waals surface area contributed by atoms with Gasteiger partial charge in [0.1, 0.15) is 18.0 Å². The zero-order chi connectivity index (χ0) is 12.5. The van der Waals surface area contributed by atoms with Gasteiger partial charge in [0.2, 0.25) is 0 Å². The molecule has 2 heterocycles. The standard InChI is InChI=1S/C13H15N5/c1-8-11(10-5-15-7-16-6-10)17-13(9-3-4-9)18-12(8)14-2/h5-7,9H,3-4H2,1-2H3,(H,14,17,18). The van der Waals surface area contributed by atoms with E-state index in [9.17, 15) is 0 Å². The van der Waals surface area contributed by atoms with Gasteiger partial charge < -0.3 is 5.32 Å². The lowest BCUT2D eigenvalue weighted by atomic mass is 10.1. The molecule has 5 nitrogen and oxygen atoms in total. The highest BCUT2D eigenvalue weighted by Gasteiger charge is 2.28. The number of hydrogen-bond acceptors (Lipinski definition) is 5. The SMILES string of the molecule is CNc1nc(C2CC2)nc(-c2cncnc2)c1C. The Labute approximate surface area is 106 Å². The first-order valence-corrected chi connectivity index (χ1v) is 6.11. The third-order valence-corrected chi connectivity index (χ3v) is 3.18. The minimum Gasteiger partial charge on any atom is -0.373 e. The van der Waals surface area contributed by atoms with Gasteiger partial charge in [0.15, 0.2) is 0 Å². The average Bonchev–Trinajstić information content (AvgIpc) is 3.24. The van der Waals surface area contributed by atoms with E-state index in [4.69, 9.17) is 0 Å². The van der Waals surface area contributed by atoms with Crippen LogP contribution in [0.3, 0.4) is 0 Å². The molecule has 1 aliphatic rings. The molecule has 2 aromatic rings. The molecule has 3 rings (SSSR count). The van der Waals surface area contributed by atoms with Gasteiger partial charge in [-0.05, 0) is 19.8 Å².